The molecule has 2 nitrogen and oxygen atoms in total. The van der Waals surface area contributed by atoms with E-state index in [1.165, 1.54) is 18.4 Å². The van der Waals surface area contributed by atoms with Crippen molar-refractivity contribution in [1.82, 2.24) is 0 Å². The summed E-state index contributed by atoms with van der Waals surface area (Å²) < 4.78 is 10.9. The van der Waals surface area contributed by atoms with E-state index in [0.29, 0.717) is 6.10 Å². The monoisotopic (exact) mass is 234 g/mol. The van der Waals surface area contributed by atoms with Gasteiger partial charge < -0.3 is 9.47 Å². The lowest BCUT2D eigenvalue weighted by Crippen LogP contribution is -1.97. The summed E-state index contributed by atoms with van der Waals surface area (Å²) in [5.74, 6) is 0.993. The first-order valence-electron chi connectivity index (χ1n) is 6.72. The normalized spacial score (nSPS) is 18.1. The van der Waals surface area contributed by atoms with Gasteiger partial charge in [-0.3, -0.25) is 0 Å². The summed E-state index contributed by atoms with van der Waals surface area (Å²) in [5, 5.41) is 0. The summed E-state index contributed by atoms with van der Waals surface area (Å²) in [5.41, 5.74) is 1.38. The summed E-state index contributed by atoms with van der Waals surface area (Å²) in [6.07, 6.45) is 6.43. The molecule has 0 saturated carbocycles. The van der Waals surface area contributed by atoms with Crippen molar-refractivity contribution in [3.8, 4) is 5.75 Å². The van der Waals surface area contributed by atoms with E-state index in [1.807, 2.05) is 0 Å². The molecule has 2 heteroatoms. The van der Waals surface area contributed by atoms with Crippen LogP contribution >= 0.6 is 0 Å². The highest BCUT2D eigenvalue weighted by Crippen LogP contribution is 2.18. The molecule has 0 N–H and O–H groups in total. The van der Waals surface area contributed by atoms with Crippen molar-refractivity contribution in [1.29, 1.82) is 0 Å². The van der Waals surface area contributed by atoms with E-state index in [0.717, 1.165) is 38.2 Å². The summed E-state index contributed by atoms with van der Waals surface area (Å²) in [6, 6.07) is 8.49. The quantitative estimate of drug-likeness (QED) is 0.506. The van der Waals surface area contributed by atoms with Crippen LogP contribution in [-0.4, -0.2) is 19.3 Å². The lowest BCUT2D eigenvalue weighted by Gasteiger charge is -2.06. The van der Waals surface area contributed by atoms with Gasteiger partial charge in [0.2, 0.25) is 0 Å². The lowest BCUT2D eigenvalue weighted by atomic mass is 10.1. The molecule has 0 aromatic heterocycles. The third-order valence-electron chi connectivity index (χ3n) is 3.10. The number of aryl methyl sites for hydroxylation is 1. The molecule has 1 fully saturated rings. The van der Waals surface area contributed by atoms with Gasteiger partial charge in [-0.2, -0.15) is 0 Å². The molecule has 0 aliphatic carbocycles. The Kier molecular flexibility index (Phi) is 4.87. The molecule has 94 valence electrons. The van der Waals surface area contributed by atoms with Crippen molar-refractivity contribution < 1.29 is 9.47 Å². The molecule has 1 aliphatic heterocycles. The molecule has 1 atom stereocenters. The first-order chi connectivity index (χ1) is 8.38. The van der Waals surface area contributed by atoms with Crippen molar-refractivity contribution in [2.75, 3.05) is 13.2 Å². The topological polar surface area (TPSA) is 21.8 Å². The number of benzene rings is 1. The van der Waals surface area contributed by atoms with Crippen LogP contribution in [0.4, 0.5) is 0 Å². The number of ether oxygens (including phenoxy) is 2. The van der Waals surface area contributed by atoms with Gasteiger partial charge in [0.15, 0.2) is 0 Å². The van der Waals surface area contributed by atoms with E-state index in [9.17, 15) is 0 Å². The summed E-state index contributed by atoms with van der Waals surface area (Å²) in [6.45, 7) is 4.00. The molecular weight excluding hydrogens is 212 g/mol. The molecular formula is C15H22O2. The van der Waals surface area contributed by atoms with Crippen LogP contribution in [0, 0.1) is 0 Å². The van der Waals surface area contributed by atoms with Gasteiger partial charge in [0, 0.05) is 0 Å². The van der Waals surface area contributed by atoms with Gasteiger partial charge in [-0.1, -0.05) is 31.9 Å². The van der Waals surface area contributed by atoms with Crippen LogP contribution in [0.2, 0.25) is 0 Å². The fourth-order valence-corrected chi connectivity index (χ4v) is 1.86. The minimum Gasteiger partial charge on any atom is -0.494 e. The van der Waals surface area contributed by atoms with Crippen molar-refractivity contribution in [2.24, 2.45) is 0 Å². The molecule has 1 aromatic carbocycles. The number of rotatable bonds is 8. The lowest BCUT2D eigenvalue weighted by molar-refractivity contribution is 0.306. The van der Waals surface area contributed by atoms with Crippen molar-refractivity contribution in [2.45, 2.75) is 45.1 Å². The van der Waals surface area contributed by atoms with Crippen LogP contribution in [0.1, 0.15) is 38.2 Å². The highest BCUT2D eigenvalue weighted by Gasteiger charge is 2.21. The second-order valence-corrected chi connectivity index (χ2v) is 4.69. The Balaban J connectivity index is 1.68. The van der Waals surface area contributed by atoms with Gasteiger partial charge in [-0.05, 0) is 37.0 Å². The van der Waals surface area contributed by atoms with Crippen LogP contribution in [0.5, 0.6) is 5.75 Å². The average Bonchev–Trinajstić information content (AvgIpc) is 3.18. The first-order valence-corrected chi connectivity index (χ1v) is 6.72. The van der Waals surface area contributed by atoms with E-state index in [1.54, 1.807) is 0 Å². The first kappa shape index (κ1) is 12.4. The predicted octanol–water partition coefficient (Wildman–Crippen LogP) is 3.59. The van der Waals surface area contributed by atoms with Crippen molar-refractivity contribution >= 4 is 0 Å². The van der Waals surface area contributed by atoms with Gasteiger partial charge in [0.05, 0.1) is 19.3 Å². The van der Waals surface area contributed by atoms with E-state index < -0.39 is 0 Å². The fraction of sp³-hybridized carbons (Fsp3) is 0.600. The predicted molar refractivity (Wildman–Crippen MR) is 69.5 cm³/mol. The number of unbranched alkanes of at least 4 members (excludes halogenated alkanes) is 2. The van der Waals surface area contributed by atoms with E-state index in [-0.39, 0.29) is 0 Å². The smallest absolute Gasteiger partial charge is 0.119 e. The van der Waals surface area contributed by atoms with Gasteiger partial charge in [-0.15, -0.1) is 0 Å². The standard InChI is InChI=1S/C15H22O2/c1-2-3-4-11-16-14-8-5-13(6-9-14)7-10-15-12-17-15/h5-6,8-9,15H,2-4,7,10-12H2,1H3. The SMILES string of the molecule is CCCCCOc1ccc(CCC2CO2)cc1. The zero-order valence-corrected chi connectivity index (χ0v) is 10.7. The molecule has 1 saturated heterocycles. The van der Waals surface area contributed by atoms with E-state index >= 15 is 0 Å². The molecule has 0 radical (unpaired) electrons. The van der Waals surface area contributed by atoms with Crippen LogP contribution in [-0.2, 0) is 11.2 Å². The van der Waals surface area contributed by atoms with Gasteiger partial charge in [-0.25, -0.2) is 0 Å². The van der Waals surface area contributed by atoms with E-state index in [2.05, 4.69) is 31.2 Å². The van der Waals surface area contributed by atoms with Crippen molar-refractivity contribution in [3.63, 3.8) is 0 Å². The Bertz CT molecular complexity index is 314. The maximum absolute atomic E-state index is 5.68. The number of hydrogen-bond donors (Lipinski definition) is 0. The third-order valence-corrected chi connectivity index (χ3v) is 3.10. The molecule has 0 spiro atoms. The minimum atomic E-state index is 0.528. The maximum atomic E-state index is 5.68. The Morgan fingerprint density at radius 2 is 2.00 bits per heavy atom. The largest absolute Gasteiger partial charge is 0.494 e. The fourth-order valence-electron chi connectivity index (χ4n) is 1.86. The Morgan fingerprint density at radius 1 is 1.24 bits per heavy atom. The van der Waals surface area contributed by atoms with Gasteiger partial charge >= 0.3 is 0 Å². The molecule has 17 heavy (non-hydrogen) atoms. The van der Waals surface area contributed by atoms with Gasteiger partial charge in [0.25, 0.3) is 0 Å². The molecule has 2 rings (SSSR count). The second-order valence-electron chi connectivity index (χ2n) is 4.69. The highest BCUT2D eigenvalue weighted by atomic mass is 16.6. The van der Waals surface area contributed by atoms with E-state index in [4.69, 9.17) is 9.47 Å². The maximum Gasteiger partial charge on any atom is 0.119 e. The number of epoxide rings is 1. The molecule has 1 aliphatic rings. The zero-order chi connectivity index (χ0) is 11.9. The third kappa shape index (κ3) is 4.78. The Labute approximate surface area is 104 Å². The molecule has 1 heterocycles. The summed E-state index contributed by atoms with van der Waals surface area (Å²) >= 11 is 0. The zero-order valence-electron chi connectivity index (χ0n) is 10.7. The molecule has 1 unspecified atom stereocenters. The Hall–Kier alpha value is -1.02. The summed E-state index contributed by atoms with van der Waals surface area (Å²) in [4.78, 5) is 0. The second kappa shape index (κ2) is 6.65. The highest BCUT2D eigenvalue weighted by molar-refractivity contribution is 5.27. The number of hydrogen-bond acceptors (Lipinski definition) is 2. The van der Waals surface area contributed by atoms with Crippen LogP contribution in [0.3, 0.4) is 0 Å². The molecule has 0 bridgehead atoms. The summed E-state index contributed by atoms with van der Waals surface area (Å²) in [7, 11) is 0. The van der Waals surface area contributed by atoms with Crippen molar-refractivity contribution in [3.05, 3.63) is 29.8 Å². The molecule has 1 aromatic rings. The minimum absolute atomic E-state index is 0.528. The Morgan fingerprint density at radius 3 is 2.65 bits per heavy atom. The average molecular weight is 234 g/mol. The van der Waals surface area contributed by atoms with Crippen LogP contribution in [0.15, 0.2) is 24.3 Å². The van der Waals surface area contributed by atoms with Crippen LogP contribution < -0.4 is 4.74 Å². The van der Waals surface area contributed by atoms with Gasteiger partial charge in [0.1, 0.15) is 5.75 Å². The van der Waals surface area contributed by atoms with Crippen LogP contribution in [0.25, 0.3) is 0 Å². The molecule has 0 amide bonds.